The minimum Gasteiger partial charge on any atom is -0.490 e. The SMILES string of the molecule is CCOc1cc(/C=C(\C#N)Sc2nc3ccccc3s2)ccc1OCc1ccc([N+](=O)[O-])cc1. The zero-order chi connectivity index (χ0) is 23.9. The maximum absolute atomic E-state index is 10.8. The van der Waals surface area contributed by atoms with Crippen molar-refractivity contribution in [3.05, 3.63) is 92.9 Å². The van der Waals surface area contributed by atoms with Gasteiger partial charge in [-0.2, -0.15) is 5.26 Å². The highest BCUT2D eigenvalue weighted by Crippen LogP contribution is 2.36. The molecule has 1 aromatic heterocycles. The highest BCUT2D eigenvalue weighted by Gasteiger charge is 2.11. The summed E-state index contributed by atoms with van der Waals surface area (Å²) in [5.41, 5.74) is 2.56. The van der Waals surface area contributed by atoms with Crippen LogP contribution in [0.25, 0.3) is 16.3 Å². The van der Waals surface area contributed by atoms with Crippen LogP contribution in [0.5, 0.6) is 11.5 Å². The fraction of sp³-hybridized carbons (Fsp3) is 0.120. The van der Waals surface area contributed by atoms with Gasteiger partial charge in [-0.15, -0.1) is 11.3 Å². The van der Waals surface area contributed by atoms with Crippen molar-refractivity contribution < 1.29 is 14.4 Å². The third-order valence-corrected chi connectivity index (χ3v) is 6.71. The number of hydrogen-bond acceptors (Lipinski definition) is 8. The van der Waals surface area contributed by atoms with E-state index in [4.69, 9.17) is 9.47 Å². The summed E-state index contributed by atoms with van der Waals surface area (Å²) >= 11 is 2.88. The molecule has 0 N–H and O–H groups in total. The highest BCUT2D eigenvalue weighted by molar-refractivity contribution is 8.05. The van der Waals surface area contributed by atoms with Gasteiger partial charge >= 0.3 is 0 Å². The summed E-state index contributed by atoms with van der Waals surface area (Å²) in [5.74, 6) is 1.11. The lowest BCUT2D eigenvalue weighted by molar-refractivity contribution is -0.384. The fourth-order valence-electron chi connectivity index (χ4n) is 3.10. The third kappa shape index (κ3) is 5.73. The molecule has 9 heteroatoms. The van der Waals surface area contributed by atoms with E-state index in [-0.39, 0.29) is 12.3 Å². The van der Waals surface area contributed by atoms with Crippen molar-refractivity contribution in [1.29, 1.82) is 5.26 Å². The number of nitrogens with zero attached hydrogens (tertiary/aromatic N) is 3. The molecule has 0 fully saturated rings. The molecule has 0 atom stereocenters. The zero-order valence-corrected chi connectivity index (χ0v) is 19.8. The molecule has 0 aliphatic carbocycles. The first-order chi connectivity index (χ1) is 16.6. The Bertz CT molecular complexity index is 1360. The van der Waals surface area contributed by atoms with Crippen LogP contribution in [0.3, 0.4) is 0 Å². The number of thiazole rings is 1. The Morgan fingerprint density at radius 3 is 2.65 bits per heavy atom. The van der Waals surface area contributed by atoms with Crippen LogP contribution in [0.4, 0.5) is 5.69 Å². The molecule has 34 heavy (non-hydrogen) atoms. The second-order valence-corrected chi connectivity index (χ2v) is 9.34. The summed E-state index contributed by atoms with van der Waals surface area (Å²) in [4.78, 5) is 15.5. The molecule has 4 aromatic rings. The molecule has 1 heterocycles. The van der Waals surface area contributed by atoms with Gasteiger partial charge in [-0.25, -0.2) is 4.98 Å². The predicted octanol–water partition coefficient (Wildman–Crippen LogP) is 6.84. The van der Waals surface area contributed by atoms with E-state index in [1.807, 2.05) is 43.3 Å². The van der Waals surface area contributed by atoms with Gasteiger partial charge in [0.05, 0.1) is 26.7 Å². The number of nitriles is 1. The molecule has 0 amide bonds. The van der Waals surface area contributed by atoms with Crippen molar-refractivity contribution in [1.82, 2.24) is 4.98 Å². The van der Waals surface area contributed by atoms with Crippen LogP contribution in [0.2, 0.25) is 0 Å². The Morgan fingerprint density at radius 2 is 1.94 bits per heavy atom. The molecule has 0 saturated heterocycles. The van der Waals surface area contributed by atoms with Crippen LogP contribution in [-0.4, -0.2) is 16.5 Å². The standard InChI is InChI=1S/C25H19N3O4S2/c1-2-31-23-14-18(9-12-22(23)32-16-17-7-10-19(11-8-17)28(29)30)13-20(15-26)33-25-27-21-5-3-4-6-24(21)34-25/h3-14H,2,16H2,1H3/b20-13+. The number of benzene rings is 3. The molecule has 0 saturated carbocycles. The van der Waals surface area contributed by atoms with E-state index in [0.717, 1.165) is 25.7 Å². The van der Waals surface area contributed by atoms with Crippen LogP contribution < -0.4 is 9.47 Å². The summed E-state index contributed by atoms with van der Waals surface area (Å²) in [7, 11) is 0. The minimum atomic E-state index is -0.436. The first-order valence-electron chi connectivity index (χ1n) is 10.3. The quantitative estimate of drug-likeness (QED) is 0.110. The van der Waals surface area contributed by atoms with Crippen LogP contribution in [0.1, 0.15) is 18.1 Å². The summed E-state index contributed by atoms with van der Waals surface area (Å²) in [6.45, 7) is 2.57. The summed E-state index contributed by atoms with van der Waals surface area (Å²) in [6, 6.07) is 21.8. The number of thioether (sulfide) groups is 1. The van der Waals surface area contributed by atoms with E-state index in [0.29, 0.717) is 23.0 Å². The lowest BCUT2D eigenvalue weighted by Gasteiger charge is -2.13. The van der Waals surface area contributed by atoms with Crippen molar-refractivity contribution in [2.75, 3.05) is 6.61 Å². The number of aromatic nitrogens is 1. The molecular formula is C25H19N3O4S2. The molecular weight excluding hydrogens is 470 g/mol. The summed E-state index contributed by atoms with van der Waals surface area (Å²) in [6.07, 6.45) is 1.79. The number of para-hydroxylation sites is 1. The van der Waals surface area contributed by atoms with Crippen molar-refractivity contribution in [3.63, 3.8) is 0 Å². The predicted molar refractivity (Wildman–Crippen MR) is 134 cm³/mol. The topological polar surface area (TPSA) is 98.3 Å². The van der Waals surface area contributed by atoms with Gasteiger partial charge in [-0.3, -0.25) is 10.1 Å². The van der Waals surface area contributed by atoms with Crippen LogP contribution in [0, 0.1) is 21.4 Å². The number of ether oxygens (including phenoxy) is 2. The van der Waals surface area contributed by atoms with Gasteiger partial charge in [0.25, 0.3) is 5.69 Å². The first kappa shape index (κ1) is 23.3. The number of nitro groups is 1. The van der Waals surface area contributed by atoms with E-state index in [9.17, 15) is 15.4 Å². The molecule has 0 spiro atoms. The summed E-state index contributed by atoms with van der Waals surface area (Å²) in [5, 5.41) is 20.5. The molecule has 0 radical (unpaired) electrons. The van der Waals surface area contributed by atoms with Crippen LogP contribution >= 0.6 is 23.1 Å². The number of allylic oxidation sites excluding steroid dienone is 1. The van der Waals surface area contributed by atoms with Gasteiger partial charge in [0.1, 0.15) is 12.7 Å². The average molecular weight is 490 g/mol. The van der Waals surface area contributed by atoms with E-state index >= 15 is 0 Å². The van der Waals surface area contributed by atoms with Crippen molar-refractivity contribution in [2.24, 2.45) is 0 Å². The first-order valence-corrected chi connectivity index (χ1v) is 12.0. The average Bonchev–Trinajstić information content (AvgIpc) is 3.26. The van der Waals surface area contributed by atoms with Crippen LogP contribution in [-0.2, 0) is 6.61 Å². The Kier molecular flexibility index (Phi) is 7.42. The Hall–Kier alpha value is -3.87. The van der Waals surface area contributed by atoms with Crippen molar-refractivity contribution >= 4 is 45.1 Å². The van der Waals surface area contributed by atoms with Gasteiger partial charge in [0, 0.05) is 12.1 Å². The number of hydrogen-bond donors (Lipinski definition) is 0. The number of nitro benzene ring substituents is 1. The molecule has 170 valence electrons. The lowest BCUT2D eigenvalue weighted by Crippen LogP contribution is -2.00. The molecule has 0 aliphatic rings. The van der Waals surface area contributed by atoms with E-state index < -0.39 is 4.92 Å². The van der Waals surface area contributed by atoms with Gasteiger partial charge in [0.2, 0.25) is 0 Å². The maximum atomic E-state index is 10.8. The van der Waals surface area contributed by atoms with E-state index in [2.05, 4.69) is 11.1 Å². The Labute approximate surface area is 204 Å². The number of rotatable bonds is 9. The molecule has 3 aromatic carbocycles. The van der Waals surface area contributed by atoms with Gasteiger partial charge in [0.15, 0.2) is 15.8 Å². The van der Waals surface area contributed by atoms with E-state index in [1.165, 1.54) is 23.9 Å². The van der Waals surface area contributed by atoms with Gasteiger partial charge in [-0.1, -0.05) is 18.2 Å². The Balaban J connectivity index is 1.50. The van der Waals surface area contributed by atoms with Crippen molar-refractivity contribution in [3.8, 4) is 17.6 Å². The van der Waals surface area contributed by atoms with Crippen LogP contribution in [0.15, 0.2) is 76.0 Å². The minimum absolute atomic E-state index is 0.0342. The zero-order valence-electron chi connectivity index (χ0n) is 18.1. The summed E-state index contributed by atoms with van der Waals surface area (Å²) < 4.78 is 13.5. The Morgan fingerprint density at radius 1 is 1.15 bits per heavy atom. The highest BCUT2D eigenvalue weighted by atomic mass is 32.2. The largest absolute Gasteiger partial charge is 0.490 e. The molecule has 0 unspecified atom stereocenters. The second-order valence-electron chi connectivity index (χ2n) is 7.02. The monoisotopic (exact) mass is 489 g/mol. The number of non-ortho nitro benzene ring substituents is 1. The van der Waals surface area contributed by atoms with Gasteiger partial charge < -0.3 is 9.47 Å². The lowest BCUT2D eigenvalue weighted by atomic mass is 10.2. The van der Waals surface area contributed by atoms with E-state index in [1.54, 1.807) is 35.6 Å². The van der Waals surface area contributed by atoms with Crippen molar-refractivity contribution in [2.45, 2.75) is 17.9 Å². The van der Waals surface area contributed by atoms with Gasteiger partial charge in [-0.05, 0) is 72.3 Å². The molecule has 0 bridgehead atoms. The normalized spacial score (nSPS) is 11.2. The third-order valence-electron chi connectivity index (χ3n) is 4.69. The molecule has 0 aliphatic heterocycles. The number of fused-ring (bicyclic) bond motifs is 1. The molecule has 4 rings (SSSR count). The second kappa shape index (κ2) is 10.8. The molecule has 7 nitrogen and oxygen atoms in total. The maximum Gasteiger partial charge on any atom is 0.269 e. The fourth-order valence-corrected chi connectivity index (χ4v) is 5.08. The smallest absolute Gasteiger partial charge is 0.269 e.